The van der Waals surface area contributed by atoms with Gasteiger partial charge in [0.25, 0.3) is 0 Å². The maximum absolute atomic E-state index is 13.0. The van der Waals surface area contributed by atoms with Gasteiger partial charge in [0.15, 0.2) is 0 Å². The number of aromatic nitrogens is 2. The minimum absolute atomic E-state index is 0.273. The molecule has 2 aromatic heterocycles. The van der Waals surface area contributed by atoms with Gasteiger partial charge in [0.1, 0.15) is 5.65 Å². The van der Waals surface area contributed by atoms with Crippen LogP contribution in [0.4, 0.5) is 26.3 Å². The molecule has 0 saturated heterocycles. The van der Waals surface area contributed by atoms with Crippen LogP contribution in [0.1, 0.15) is 18.1 Å². The van der Waals surface area contributed by atoms with Gasteiger partial charge in [-0.3, -0.25) is 0 Å². The summed E-state index contributed by atoms with van der Waals surface area (Å²) in [5.74, 6) is 0.550. The molecule has 3 rings (SSSR count). The van der Waals surface area contributed by atoms with Crippen molar-refractivity contribution >= 4 is 22.8 Å². The molecule has 1 aromatic carbocycles. The second-order valence-electron chi connectivity index (χ2n) is 5.86. The van der Waals surface area contributed by atoms with Crippen molar-refractivity contribution in [3.63, 3.8) is 0 Å². The smallest absolute Gasteiger partial charge is 0.328 e. The van der Waals surface area contributed by atoms with E-state index >= 15 is 0 Å². The predicted molar refractivity (Wildman–Crippen MR) is 92.6 cm³/mol. The third-order valence-corrected chi connectivity index (χ3v) is 5.02. The Labute approximate surface area is 155 Å². The minimum atomic E-state index is -4.52. The number of aryl methyl sites for hydroxylation is 1. The van der Waals surface area contributed by atoms with Crippen molar-refractivity contribution in [2.75, 3.05) is 5.75 Å². The Hall–Kier alpha value is -2.16. The highest BCUT2D eigenvalue weighted by atomic mass is 32.2. The van der Waals surface area contributed by atoms with E-state index in [0.29, 0.717) is 27.6 Å². The molecule has 2 heterocycles. The van der Waals surface area contributed by atoms with Crippen molar-refractivity contribution in [3.8, 4) is 11.3 Å². The Balaban J connectivity index is 2.18. The topological polar surface area (TPSA) is 17.8 Å². The molecule has 0 aliphatic carbocycles. The molecule has 0 atom stereocenters. The molecule has 0 unspecified atom stereocenters. The average Bonchev–Trinajstić information content (AvgIpc) is 2.90. The largest absolute Gasteiger partial charge is 0.417 e. The maximum atomic E-state index is 13.0. The summed E-state index contributed by atoms with van der Waals surface area (Å²) in [4.78, 5) is 4.29. The molecule has 0 radical (unpaired) electrons. The molecule has 0 spiro atoms. The van der Waals surface area contributed by atoms with Gasteiger partial charge in [0.2, 0.25) is 0 Å². The molecule has 3 aromatic rings. The first-order valence-corrected chi connectivity index (χ1v) is 8.88. The molecule has 0 amide bonds. The van der Waals surface area contributed by atoms with E-state index < -0.39 is 23.5 Å². The number of nitrogens with zero attached hydrogens (tertiary/aromatic N) is 2. The van der Waals surface area contributed by atoms with Crippen LogP contribution >= 0.6 is 11.8 Å². The number of benzene rings is 1. The highest BCUT2D eigenvalue weighted by molar-refractivity contribution is 7.99. The van der Waals surface area contributed by atoms with Gasteiger partial charge in [-0.05, 0) is 30.0 Å². The minimum Gasteiger partial charge on any atom is -0.328 e. The fraction of sp³-hybridized carbons (Fsp3) is 0.278. The maximum Gasteiger partial charge on any atom is 0.417 e. The van der Waals surface area contributed by atoms with E-state index in [1.807, 2.05) is 6.92 Å². The molecular formula is C18H14F6N2S. The van der Waals surface area contributed by atoms with Gasteiger partial charge in [-0.25, -0.2) is 4.98 Å². The second kappa shape index (κ2) is 6.78. The molecular weight excluding hydrogens is 390 g/mol. The lowest BCUT2D eigenvalue weighted by molar-refractivity contribution is -0.138. The predicted octanol–water partition coefficient (Wildman–Crippen LogP) is 6.39. The van der Waals surface area contributed by atoms with E-state index in [1.165, 1.54) is 23.9 Å². The molecule has 0 saturated carbocycles. The van der Waals surface area contributed by atoms with E-state index in [0.717, 1.165) is 24.4 Å². The summed E-state index contributed by atoms with van der Waals surface area (Å²) < 4.78 is 79.4. The molecule has 0 aliphatic heterocycles. The van der Waals surface area contributed by atoms with Crippen LogP contribution in [0, 0.1) is 0 Å². The van der Waals surface area contributed by atoms with Crippen molar-refractivity contribution in [2.24, 2.45) is 7.05 Å². The zero-order valence-corrected chi connectivity index (χ0v) is 15.1. The zero-order valence-electron chi connectivity index (χ0n) is 14.2. The molecule has 9 heteroatoms. The van der Waals surface area contributed by atoms with Crippen LogP contribution in [0.15, 0.2) is 41.4 Å². The number of rotatable bonds is 3. The third-order valence-electron chi connectivity index (χ3n) is 4.08. The van der Waals surface area contributed by atoms with Gasteiger partial charge in [0.05, 0.1) is 16.8 Å². The first-order chi connectivity index (χ1) is 12.5. The monoisotopic (exact) mass is 404 g/mol. The Morgan fingerprint density at radius 3 is 2.22 bits per heavy atom. The third kappa shape index (κ3) is 3.78. The number of hydrogen-bond donors (Lipinski definition) is 0. The first kappa shape index (κ1) is 19.6. The normalized spacial score (nSPS) is 12.7. The van der Waals surface area contributed by atoms with E-state index in [2.05, 4.69) is 4.98 Å². The van der Waals surface area contributed by atoms with Gasteiger partial charge in [-0.1, -0.05) is 13.0 Å². The van der Waals surface area contributed by atoms with E-state index in [-0.39, 0.29) is 5.39 Å². The molecule has 144 valence electrons. The van der Waals surface area contributed by atoms with Crippen LogP contribution in [0.25, 0.3) is 22.3 Å². The van der Waals surface area contributed by atoms with Crippen LogP contribution < -0.4 is 0 Å². The Kier molecular flexibility index (Phi) is 4.92. The lowest BCUT2D eigenvalue weighted by atomic mass is 10.1. The van der Waals surface area contributed by atoms with Crippen molar-refractivity contribution in [1.29, 1.82) is 0 Å². The molecule has 0 aliphatic rings. The van der Waals surface area contributed by atoms with Crippen LogP contribution in [0.2, 0.25) is 0 Å². The summed E-state index contributed by atoms with van der Waals surface area (Å²) in [5.41, 5.74) is -0.295. The van der Waals surface area contributed by atoms with E-state index in [4.69, 9.17) is 0 Å². The SMILES string of the molecule is CCSc1cc(C(F)(F)F)ccc1-c1cc2cc(C(F)(F)F)cnc2n1C. The van der Waals surface area contributed by atoms with Gasteiger partial charge < -0.3 is 4.57 Å². The van der Waals surface area contributed by atoms with E-state index in [1.54, 1.807) is 11.6 Å². The molecule has 0 fully saturated rings. The number of hydrogen-bond acceptors (Lipinski definition) is 2. The van der Waals surface area contributed by atoms with Crippen molar-refractivity contribution in [2.45, 2.75) is 24.2 Å². The quantitative estimate of drug-likeness (QED) is 0.372. The molecule has 0 bridgehead atoms. The second-order valence-corrected chi connectivity index (χ2v) is 7.17. The summed E-state index contributed by atoms with van der Waals surface area (Å²) in [7, 11) is 1.62. The van der Waals surface area contributed by atoms with Crippen LogP contribution in [0.5, 0.6) is 0 Å². The Bertz CT molecular complexity index is 988. The summed E-state index contributed by atoms with van der Waals surface area (Å²) in [5, 5.41) is 0.273. The first-order valence-electron chi connectivity index (χ1n) is 7.89. The lowest BCUT2D eigenvalue weighted by Crippen LogP contribution is -2.06. The molecule has 0 N–H and O–H groups in total. The summed E-state index contributed by atoms with van der Waals surface area (Å²) in [6, 6.07) is 5.89. The van der Waals surface area contributed by atoms with Gasteiger partial charge >= 0.3 is 12.4 Å². The highest BCUT2D eigenvalue weighted by Crippen LogP contribution is 2.39. The fourth-order valence-corrected chi connectivity index (χ4v) is 3.67. The van der Waals surface area contributed by atoms with Crippen molar-refractivity contribution < 1.29 is 26.3 Å². The Morgan fingerprint density at radius 2 is 1.63 bits per heavy atom. The van der Waals surface area contributed by atoms with Crippen molar-refractivity contribution in [1.82, 2.24) is 9.55 Å². The molecule has 27 heavy (non-hydrogen) atoms. The van der Waals surface area contributed by atoms with Crippen molar-refractivity contribution in [3.05, 3.63) is 47.7 Å². The zero-order chi connectivity index (χ0) is 20.0. The number of alkyl halides is 6. The highest BCUT2D eigenvalue weighted by Gasteiger charge is 2.32. The summed E-state index contributed by atoms with van der Waals surface area (Å²) in [6.45, 7) is 1.81. The Morgan fingerprint density at radius 1 is 0.963 bits per heavy atom. The van der Waals surface area contributed by atoms with Gasteiger partial charge in [-0.15, -0.1) is 11.8 Å². The number of fused-ring (bicyclic) bond motifs is 1. The summed E-state index contributed by atoms with van der Waals surface area (Å²) in [6.07, 6.45) is -8.24. The van der Waals surface area contributed by atoms with Crippen LogP contribution in [-0.4, -0.2) is 15.3 Å². The van der Waals surface area contributed by atoms with Gasteiger partial charge in [-0.2, -0.15) is 26.3 Å². The average molecular weight is 404 g/mol. The molecule has 2 nitrogen and oxygen atoms in total. The fourth-order valence-electron chi connectivity index (χ4n) is 2.82. The van der Waals surface area contributed by atoms with E-state index in [9.17, 15) is 26.3 Å². The van der Waals surface area contributed by atoms with Gasteiger partial charge in [0, 0.05) is 29.1 Å². The standard InChI is InChI=1S/C18H14F6N2S/c1-3-27-15-8-11(17(19,20)21)4-5-13(15)14-7-10-6-12(18(22,23)24)9-25-16(10)26(14)2/h4-9H,3H2,1-2H3. The number of halogens is 6. The van der Waals surface area contributed by atoms with Crippen LogP contribution in [0.3, 0.4) is 0 Å². The summed E-state index contributed by atoms with van der Waals surface area (Å²) >= 11 is 1.24. The van der Waals surface area contributed by atoms with Crippen LogP contribution in [-0.2, 0) is 19.4 Å². The number of thioether (sulfide) groups is 1. The number of pyridine rings is 1. The lowest BCUT2D eigenvalue weighted by Gasteiger charge is -2.13.